The average molecular weight is 468 g/mol. The summed E-state index contributed by atoms with van der Waals surface area (Å²) in [5.41, 5.74) is 4.26. The fraction of sp³-hybridized carbons (Fsp3) is 0.571. The Morgan fingerprint density at radius 3 is 2.24 bits per heavy atom. The van der Waals surface area contributed by atoms with Gasteiger partial charge < -0.3 is 14.4 Å². The highest BCUT2D eigenvalue weighted by atomic mass is 19.1. The second-order valence-electron chi connectivity index (χ2n) is 10.1. The van der Waals surface area contributed by atoms with Gasteiger partial charge in [-0.1, -0.05) is 6.42 Å². The van der Waals surface area contributed by atoms with Crippen molar-refractivity contribution in [3.8, 4) is 11.5 Å². The second-order valence-corrected chi connectivity index (χ2v) is 10.1. The number of rotatable bonds is 6. The van der Waals surface area contributed by atoms with Gasteiger partial charge in [-0.25, -0.2) is 4.39 Å². The first-order valence-corrected chi connectivity index (χ1v) is 12.8. The molecule has 5 rings (SSSR count). The molecule has 0 amide bonds. The van der Waals surface area contributed by atoms with Crippen LogP contribution in [0.2, 0.25) is 0 Å². The number of piperazine rings is 1. The van der Waals surface area contributed by atoms with E-state index in [2.05, 4.69) is 26.8 Å². The van der Waals surface area contributed by atoms with Crippen LogP contribution < -0.4 is 14.4 Å². The van der Waals surface area contributed by atoms with Crippen molar-refractivity contribution in [1.29, 1.82) is 0 Å². The van der Waals surface area contributed by atoms with Crippen molar-refractivity contribution in [3.63, 3.8) is 0 Å². The van der Waals surface area contributed by atoms with E-state index in [-0.39, 0.29) is 11.4 Å². The molecule has 2 fully saturated rings. The third kappa shape index (κ3) is 4.76. The molecule has 2 aromatic rings. The van der Waals surface area contributed by atoms with Gasteiger partial charge in [0.05, 0.1) is 14.2 Å². The highest BCUT2D eigenvalue weighted by Crippen LogP contribution is 2.43. The van der Waals surface area contributed by atoms with Crippen molar-refractivity contribution in [2.75, 3.05) is 64.9 Å². The lowest BCUT2D eigenvalue weighted by molar-refractivity contribution is 0.0252. The molecule has 0 radical (unpaired) electrons. The summed E-state index contributed by atoms with van der Waals surface area (Å²) in [6.07, 6.45) is 7.38. The van der Waals surface area contributed by atoms with Crippen LogP contribution in [0, 0.1) is 5.82 Å². The molecule has 2 aromatic carbocycles. The molecule has 184 valence electrons. The van der Waals surface area contributed by atoms with Gasteiger partial charge in [0.15, 0.2) is 11.5 Å². The van der Waals surface area contributed by atoms with Crippen molar-refractivity contribution in [3.05, 3.63) is 53.3 Å². The SMILES string of the molecule is COc1cc2c(cc1OC)CC1(CCCCN1CCN1CCN(c3ccc(F)cc3)CC1)CC2. The maximum atomic E-state index is 13.3. The Morgan fingerprint density at radius 1 is 0.824 bits per heavy atom. The highest BCUT2D eigenvalue weighted by molar-refractivity contribution is 5.49. The van der Waals surface area contributed by atoms with Gasteiger partial charge in [0, 0.05) is 50.5 Å². The summed E-state index contributed by atoms with van der Waals surface area (Å²) >= 11 is 0. The molecule has 0 aromatic heterocycles. The van der Waals surface area contributed by atoms with Crippen molar-refractivity contribution >= 4 is 5.69 Å². The molecular formula is C28H38FN3O2. The average Bonchev–Trinajstić information content (AvgIpc) is 2.88. The van der Waals surface area contributed by atoms with E-state index in [1.54, 1.807) is 26.4 Å². The van der Waals surface area contributed by atoms with Crippen molar-refractivity contribution < 1.29 is 13.9 Å². The molecule has 0 N–H and O–H groups in total. The zero-order valence-electron chi connectivity index (χ0n) is 20.7. The number of fused-ring (bicyclic) bond motifs is 1. The number of ether oxygens (including phenoxy) is 2. The van der Waals surface area contributed by atoms with Gasteiger partial charge in [-0.2, -0.15) is 0 Å². The quantitative estimate of drug-likeness (QED) is 0.629. The van der Waals surface area contributed by atoms with Crippen LogP contribution >= 0.6 is 0 Å². The molecule has 0 bridgehead atoms. The number of anilines is 1. The first-order valence-electron chi connectivity index (χ1n) is 12.8. The predicted octanol–water partition coefficient (Wildman–Crippen LogP) is 4.38. The maximum Gasteiger partial charge on any atom is 0.161 e. The number of halogens is 1. The molecule has 2 saturated heterocycles. The van der Waals surface area contributed by atoms with E-state index in [1.807, 2.05) is 12.1 Å². The smallest absolute Gasteiger partial charge is 0.161 e. The van der Waals surface area contributed by atoms with Gasteiger partial charge in [0.25, 0.3) is 0 Å². The third-order valence-electron chi connectivity index (χ3n) is 8.33. The molecule has 1 aliphatic carbocycles. The standard InChI is InChI=1S/C28H38FN3O2/c1-33-26-19-22-9-11-28(21-23(22)20-27(26)34-2)10-3-4-12-32(28)18-15-30-13-16-31(17-14-30)25-7-5-24(29)6-8-25/h5-8,19-20H,3-4,9-18,21H2,1-2H3. The number of methoxy groups -OCH3 is 2. The Bertz CT molecular complexity index is 974. The van der Waals surface area contributed by atoms with E-state index in [4.69, 9.17) is 9.47 Å². The molecular weight excluding hydrogens is 429 g/mol. The van der Waals surface area contributed by atoms with Gasteiger partial charge in [-0.05, 0) is 86.2 Å². The van der Waals surface area contributed by atoms with Gasteiger partial charge >= 0.3 is 0 Å². The number of aryl methyl sites for hydroxylation is 1. The molecule has 1 spiro atoms. The Kier molecular flexibility index (Phi) is 6.98. The van der Waals surface area contributed by atoms with Crippen LogP contribution in [0.4, 0.5) is 10.1 Å². The summed E-state index contributed by atoms with van der Waals surface area (Å²) in [5, 5.41) is 0. The molecule has 5 nitrogen and oxygen atoms in total. The minimum absolute atomic E-state index is 0.166. The van der Waals surface area contributed by atoms with Gasteiger partial charge in [0.1, 0.15) is 5.82 Å². The van der Waals surface area contributed by atoms with Crippen molar-refractivity contribution in [2.24, 2.45) is 0 Å². The second kappa shape index (κ2) is 10.1. The summed E-state index contributed by atoms with van der Waals surface area (Å²) in [4.78, 5) is 7.79. The highest BCUT2D eigenvalue weighted by Gasteiger charge is 2.41. The van der Waals surface area contributed by atoms with Crippen LogP contribution in [-0.4, -0.2) is 75.4 Å². The normalized spacial score (nSPS) is 23.7. The summed E-state index contributed by atoms with van der Waals surface area (Å²) in [6, 6.07) is 11.3. The molecule has 34 heavy (non-hydrogen) atoms. The van der Waals surface area contributed by atoms with Gasteiger partial charge in [-0.3, -0.25) is 9.80 Å². The molecule has 0 saturated carbocycles. The monoisotopic (exact) mass is 467 g/mol. The zero-order chi connectivity index (χ0) is 23.5. The number of hydrogen-bond donors (Lipinski definition) is 0. The zero-order valence-corrected chi connectivity index (χ0v) is 20.7. The van der Waals surface area contributed by atoms with E-state index in [0.29, 0.717) is 0 Å². The lowest BCUT2D eigenvalue weighted by atomic mass is 9.72. The van der Waals surface area contributed by atoms with Crippen molar-refractivity contribution in [2.45, 2.75) is 44.1 Å². The van der Waals surface area contributed by atoms with Crippen molar-refractivity contribution in [1.82, 2.24) is 9.80 Å². The molecule has 6 heteroatoms. The predicted molar refractivity (Wildman–Crippen MR) is 135 cm³/mol. The Balaban J connectivity index is 1.21. The van der Waals surface area contributed by atoms with Gasteiger partial charge in [-0.15, -0.1) is 0 Å². The van der Waals surface area contributed by atoms with Gasteiger partial charge in [0.2, 0.25) is 0 Å². The first kappa shape index (κ1) is 23.4. The summed E-state index contributed by atoms with van der Waals surface area (Å²) < 4.78 is 24.4. The number of hydrogen-bond acceptors (Lipinski definition) is 5. The molecule has 3 aliphatic rings. The van der Waals surface area contributed by atoms with Crippen LogP contribution in [0.15, 0.2) is 36.4 Å². The lowest BCUT2D eigenvalue weighted by Gasteiger charge is -2.51. The summed E-state index contributed by atoms with van der Waals surface area (Å²) in [5.74, 6) is 1.53. The van der Waals surface area contributed by atoms with Crippen LogP contribution in [-0.2, 0) is 12.8 Å². The third-order valence-corrected chi connectivity index (χ3v) is 8.33. The number of piperidine rings is 1. The fourth-order valence-electron chi connectivity index (χ4n) is 6.30. The number of benzene rings is 2. The topological polar surface area (TPSA) is 28.2 Å². The van der Waals surface area contributed by atoms with Crippen LogP contribution in [0.5, 0.6) is 11.5 Å². The molecule has 1 unspecified atom stereocenters. The van der Waals surface area contributed by atoms with E-state index in [9.17, 15) is 4.39 Å². The fourth-order valence-corrected chi connectivity index (χ4v) is 6.30. The Labute approximate surface area is 203 Å². The first-order chi connectivity index (χ1) is 16.6. The Hall–Kier alpha value is -2.31. The summed E-state index contributed by atoms with van der Waals surface area (Å²) in [7, 11) is 3.45. The van der Waals surface area contributed by atoms with Crippen LogP contribution in [0.25, 0.3) is 0 Å². The van der Waals surface area contributed by atoms with E-state index in [0.717, 1.165) is 69.3 Å². The number of nitrogens with zero attached hydrogens (tertiary/aromatic N) is 3. The number of likely N-dealkylation sites (tertiary alicyclic amines) is 1. The maximum absolute atomic E-state index is 13.3. The minimum atomic E-state index is -0.166. The van der Waals surface area contributed by atoms with E-state index >= 15 is 0 Å². The minimum Gasteiger partial charge on any atom is -0.493 e. The Morgan fingerprint density at radius 2 is 1.53 bits per heavy atom. The summed E-state index contributed by atoms with van der Waals surface area (Å²) in [6.45, 7) is 7.61. The largest absolute Gasteiger partial charge is 0.493 e. The molecule has 1 atom stereocenters. The van der Waals surface area contributed by atoms with Crippen LogP contribution in [0.1, 0.15) is 36.8 Å². The molecule has 2 aliphatic heterocycles. The van der Waals surface area contributed by atoms with Crippen LogP contribution in [0.3, 0.4) is 0 Å². The lowest BCUT2D eigenvalue weighted by Crippen LogP contribution is -2.57. The molecule has 2 heterocycles. The van der Waals surface area contributed by atoms with E-state index in [1.165, 1.54) is 43.4 Å². The van der Waals surface area contributed by atoms with E-state index < -0.39 is 0 Å².